The van der Waals surface area contributed by atoms with Crippen molar-refractivity contribution in [1.82, 2.24) is 4.90 Å². The van der Waals surface area contributed by atoms with Crippen LogP contribution in [0.5, 0.6) is 0 Å². The molecular formula is C7H13NO2S. The van der Waals surface area contributed by atoms with Gasteiger partial charge in [0, 0.05) is 13.5 Å². The van der Waals surface area contributed by atoms with E-state index in [-0.39, 0.29) is 11.9 Å². The Morgan fingerprint density at radius 2 is 2.55 bits per heavy atom. The second-order valence-corrected chi connectivity index (χ2v) is 3.06. The molecule has 64 valence electrons. The lowest BCUT2D eigenvalue weighted by molar-refractivity contribution is -0.130. The first-order chi connectivity index (χ1) is 5.25. The minimum Gasteiger partial charge on any atom is -0.338 e. The fourth-order valence-corrected chi connectivity index (χ4v) is 1.68. The SMILES string of the molecule is CC(=O)N1CCCC1COS. The molecular weight excluding hydrogens is 162 g/mol. The summed E-state index contributed by atoms with van der Waals surface area (Å²) < 4.78 is 4.71. The van der Waals surface area contributed by atoms with E-state index in [4.69, 9.17) is 4.18 Å². The van der Waals surface area contributed by atoms with E-state index in [1.807, 2.05) is 4.90 Å². The molecule has 0 aromatic heterocycles. The standard InChI is InChI=1S/C7H13NO2S/c1-6(9)8-4-2-3-7(8)5-10-11/h7,11H,2-5H2,1H3. The predicted octanol–water partition coefficient (Wildman–Crippen LogP) is 0.859. The first-order valence-corrected chi connectivity index (χ1v) is 4.16. The molecule has 1 unspecified atom stereocenters. The molecule has 0 radical (unpaired) electrons. The van der Waals surface area contributed by atoms with Crippen LogP contribution in [-0.2, 0) is 8.98 Å². The van der Waals surface area contributed by atoms with Crippen molar-refractivity contribution in [1.29, 1.82) is 0 Å². The maximum atomic E-state index is 11.0. The van der Waals surface area contributed by atoms with E-state index in [1.54, 1.807) is 6.92 Å². The molecule has 0 aromatic rings. The summed E-state index contributed by atoms with van der Waals surface area (Å²) in [4.78, 5) is 12.8. The Morgan fingerprint density at radius 1 is 1.82 bits per heavy atom. The van der Waals surface area contributed by atoms with E-state index < -0.39 is 0 Å². The number of hydrogen-bond acceptors (Lipinski definition) is 3. The topological polar surface area (TPSA) is 29.5 Å². The molecule has 0 aliphatic carbocycles. The van der Waals surface area contributed by atoms with Crippen LogP contribution in [0.2, 0.25) is 0 Å². The molecule has 1 fully saturated rings. The van der Waals surface area contributed by atoms with Gasteiger partial charge in [0.1, 0.15) is 0 Å². The highest BCUT2D eigenvalue weighted by molar-refractivity contribution is 7.75. The van der Waals surface area contributed by atoms with Crippen molar-refractivity contribution >= 4 is 18.8 Å². The van der Waals surface area contributed by atoms with Crippen LogP contribution in [0.25, 0.3) is 0 Å². The summed E-state index contributed by atoms with van der Waals surface area (Å²) in [6.45, 7) is 3.01. The highest BCUT2D eigenvalue weighted by atomic mass is 32.1. The Balaban J connectivity index is 2.44. The molecule has 1 aliphatic rings. The monoisotopic (exact) mass is 175 g/mol. The summed E-state index contributed by atoms with van der Waals surface area (Å²) in [6.07, 6.45) is 2.13. The fourth-order valence-electron chi connectivity index (χ4n) is 1.51. The highest BCUT2D eigenvalue weighted by Gasteiger charge is 2.25. The van der Waals surface area contributed by atoms with Crippen LogP contribution in [0.4, 0.5) is 0 Å². The van der Waals surface area contributed by atoms with Crippen LogP contribution in [0.15, 0.2) is 0 Å². The zero-order chi connectivity index (χ0) is 8.27. The molecule has 1 aliphatic heterocycles. The van der Waals surface area contributed by atoms with Gasteiger partial charge in [-0.3, -0.25) is 4.79 Å². The molecule has 0 saturated carbocycles. The minimum absolute atomic E-state index is 0.137. The third-order valence-electron chi connectivity index (χ3n) is 2.05. The number of likely N-dealkylation sites (tertiary alicyclic amines) is 1. The first kappa shape index (κ1) is 8.87. The van der Waals surface area contributed by atoms with Crippen LogP contribution in [0.3, 0.4) is 0 Å². The number of amides is 1. The summed E-state index contributed by atoms with van der Waals surface area (Å²) in [5.41, 5.74) is 0. The lowest BCUT2D eigenvalue weighted by Gasteiger charge is -2.21. The molecule has 1 amide bonds. The van der Waals surface area contributed by atoms with Gasteiger partial charge in [0.25, 0.3) is 0 Å². The number of carbonyl (C=O) groups is 1. The summed E-state index contributed by atoms with van der Waals surface area (Å²) in [5, 5.41) is 0. The van der Waals surface area contributed by atoms with Gasteiger partial charge in [-0.2, -0.15) is 0 Å². The normalized spacial score (nSPS) is 24.2. The van der Waals surface area contributed by atoms with E-state index in [0.717, 1.165) is 19.4 Å². The number of carbonyl (C=O) groups excluding carboxylic acids is 1. The van der Waals surface area contributed by atoms with Gasteiger partial charge in [-0.1, -0.05) is 0 Å². The van der Waals surface area contributed by atoms with Gasteiger partial charge >= 0.3 is 0 Å². The fraction of sp³-hybridized carbons (Fsp3) is 0.857. The van der Waals surface area contributed by atoms with Gasteiger partial charge in [-0.25, -0.2) is 0 Å². The summed E-state index contributed by atoms with van der Waals surface area (Å²) in [7, 11) is 0. The largest absolute Gasteiger partial charge is 0.338 e. The lowest BCUT2D eigenvalue weighted by atomic mass is 10.2. The van der Waals surface area contributed by atoms with Gasteiger partial charge in [0.05, 0.1) is 12.6 Å². The van der Waals surface area contributed by atoms with Gasteiger partial charge in [0.15, 0.2) is 0 Å². The number of thiol groups is 1. The van der Waals surface area contributed by atoms with E-state index in [0.29, 0.717) is 6.61 Å². The van der Waals surface area contributed by atoms with Crippen LogP contribution in [0, 0.1) is 0 Å². The quantitative estimate of drug-likeness (QED) is 0.498. The van der Waals surface area contributed by atoms with E-state index in [1.165, 1.54) is 0 Å². The van der Waals surface area contributed by atoms with Crippen molar-refractivity contribution in [3.63, 3.8) is 0 Å². The maximum absolute atomic E-state index is 11.0. The second kappa shape index (κ2) is 3.97. The molecule has 1 atom stereocenters. The molecule has 0 aromatic carbocycles. The van der Waals surface area contributed by atoms with Crippen LogP contribution >= 0.6 is 12.9 Å². The van der Waals surface area contributed by atoms with Gasteiger partial charge in [-0.15, -0.1) is 0 Å². The molecule has 0 N–H and O–H groups in total. The average molecular weight is 175 g/mol. The Kier molecular flexibility index (Phi) is 3.20. The van der Waals surface area contributed by atoms with Gasteiger partial charge in [0.2, 0.25) is 5.91 Å². The van der Waals surface area contributed by atoms with Crippen molar-refractivity contribution in [2.45, 2.75) is 25.8 Å². The summed E-state index contributed by atoms with van der Waals surface area (Å²) in [5.74, 6) is 0.137. The van der Waals surface area contributed by atoms with Crippen molar-refractivity contribution in [3.8, 4) is 0 Å². The number of nitrogens with zero attached hydrogens (tertiary/aromatic N) is 1. The maximum Gasteiger partial charge on any atom is 0.219 e. The van der Waals surface area contributed by atoms with Crippen molar-refractivity contribution in [2.24, 2.45) is 0 Å². The van der Waals surface area contributed by atoms with Crippen molar-refractivity contribution in [3.05, 3.63) is 0 Å². The van der Waals surface area contributed by atoms with Crippen molar-refractivity contribution < 1.29 is 8.98 Å². The molecule has 0 spiro atoms. The number of hydrogen-bond donors (Lipinski definition) is 1. The number of rotatable bonds is 2. The Hall–Kier alpha value is -0.220. The second-order valence-electron chi connectivity index (χ2n) is 2.80. The Bertz CT molecular complexity index is 151. The average Bonchev–Trinajstić information content (AvgIpc) is 2.36. The summed E-state index contributed by atoms with van der Waals surface area (Å²) >= 11 is 3.67. The van der Waals surface area contributed by atoms with Gasteiger partial charge < -0.3 is 9.08 Å². The third kappa shape index (κ3) is 2.10. The minimum atomic E-state index is 0.137. The molecule has 3 nitrogen and oxygen atoms in total. The van der Waals surface area contributed by atoms with Gasteiger partial charge in [-0.05, 0) is 25.8 Å². The summed E-state index contributed by atoms with van der Waals surface area (Å²) in [6, 6.07) is 0.255. The van der Waals surface area contributed by atoms with E-state index in [2.05, 4.69) is 12.9 Å². The molecule has 0 bridgehead atoms. The first-order valence-electron chi connectivity index (χ1n) is 3.79. The highest BCUT2D eigenvalue weighted by Crippen LogP contribution is 2.17. The lowest BCUT2D eigenvalue weighted by Crippen LogP contribution is -2.36. The third-order valence-corrected chi connectivity index (χ3v) is 2.20. The molecule has 11 heavy (non-hydrogen) atoms. The Labute approximate surface area is 72.3 Å². The predicted molar refractivity (Wildman–Crippen MR) is 45.3 cm³/mol. The smallest absolute Gasteiger partial charge is 0.219 e. The molecule has 1 saturated heterocycles. The molecule has 4 heteroatoms. The van der Waals surface area contributed by atoms with E-state index in [9.17, 15) is 4.79 Å². The van der Waals surface area contributed by atoms with E-state index >= 15 is 0 Å². The van der Waals surface area contributed by atoms with Crippen molar-refractivity contribution in [2.75, 3.05) is 13.2 Å². The molecule has 1 heterocycles. The molecule has 1 rings (SSSR count). The Morgan fingerprint density at radius 3 is 3.09 bits per heavy atom. The zero-order valence-corrected chi connectivity index (χ0v) is 7.51. The van der Waals surface area contributed by atoms with Crippen LogP contribution in [-0.4, -0.2) is 30.0 Å². The zero-order valence-electron chi connectivity index (χ0n) is 6.62. The van der Waals surface area contributed by atoms with Crippen LogP contribution < -0.4 is 0 Å². The van der Waals surface area contributed by atoms with Crippen LogP contribution in [0.1, 0.15) is 19.8 Å².